The van der Waals surface area contributed by atoms with Crippen molar-refractivity contribution in [2.45, 2.75) is 6.42 Å². The number of rotatable bonds is 5. The first-order valence-corrected chi connectivity index (χ1v) is 10.5. The van der Waals surface area contributed by atoms with E-state index in [4.69, 9.17) is 16.3 Å². The summed E-state index contributed by atoms with van der Waals surface area (Å²) in [5.74, 6) is 1.27. The topological polar surface area (TPSA) is 67.7 Å². The maximum atomic E-state index is 12.6. The fraction of sp³-hybridized carbons (Fsp3) is 0.261. The first-order valence-electron chi connectivity index (χ1n) is 10.2. The third kappa shape index (κ3) is 5.24. The Morgan fingerprint density at radius 2 is 1.71 bits per heavy atom. The van der Waals surface area contributed by atoms with Gasteiger partial charge in [-0.05, 0) is 48.9 Å². The minimum absolute atomic E-state index is 0.0151. The van der Waals surface area contributed by atoms with Gasteiger partial charge < -0.3 is 14.5 Å². The van der Waals surface area contributed by atoms with Crippen LogP contribution in [0.2, 0.25) is 5.02 Å². The number of benzene rings is 2. The van der Waals surface area contributed by atoms with Gasteiger partial charge in [0.05, 0.1) is 5.69 Å². The van der Waals surface area contributed by atoms with Gasteiger partial charge in [0.1, 0.15) is 11.6 Å². The Morgan fingerprint density at radius 1 is 0.935 bits per heavy atom. The summed E-state index contributed by atoms with van der Waals surface area (Å²) in [5.41, 5.74) is 0.543. The minimum Gasteiger partial charge on any atom is -0.484 e. The van der Waals surface area contributed by atoms with E-state index < -0.39 is 0 Å². The van der Waals surface area contributed by atoms with Crippen LogP contribution in [0.25, 0.3) is 5.69 Å². The number of nitrogens with zero attached hydrogens (tertiary/aromatic N) is 4. The molecule has 4 rings (SSSR count). The van der Waals surface area contributed by atoms with E-state index in [0.717, 1.165) is 24.5 Å². The molecule has 2 heterocycles. The zero-order valence-corrected chi connectivity index (χ0v) is 17.7. The van der Waals surface area contributed by atoms with Crippen LogP contribution in [-0.2, 0) is 4.79 Å². The number of hydrogen-bond donors (Lipinski definition) is 0. The SMILES string of the molecule is O=C(COc1ccc(Cl)cc1)N1CCCN(c2ccc(=O)n(-c3ccccc3)n2)CC1. The molecule has 0 aliphatic carbocycles. The van der Waals surface area contributed by atoms with Gasteiger partial charge in [-0.1, -0.05) is 29.8 Å². The number of hydrogen-bond acceptors (Lipinski definition) is 5. The van der Waals surface area contributed by atoms with Gasteiger partial charge in [-0.3, -0.25) is 9.59 Å². The van der Waals surface area contributed by atoms with Gasteiger partial charge in [-0.15, -0.1) is 5.10 Å². The molecule has 8 heteroatoms. The van der Waals surface area contributed by atoms with E-state index in [-0.39, 0.29) is 18.1 Å². The highest BCUT2D eigenvalue weighted by Gasteiger charge is 2.21. The summed E-state index contributed by atoms with van der Waals surface area (Å²) in [7, 11) is 0. The fourth-order valence-corrected chi connectivity index (χ4v) is 3.61. The van der Waals surface area contributed by atoms with Crippen molar-refractivity contribution in [1.82, 2.24) is 14.7 Å². The predicted octanol–water partition coefficient (Wildman–Crippen LogP) is 3.00. The number of amides is 1. The summed E-state index contributed by atoms with van der Waals surface area (Å²) in [6.45, 7) is 2.58. The van der Waals surface area contributed by atoms with Gasteiger partial charge in [0.15, 0.2) is 6.61 Å². The second-order valence-electron chi connectivity index (χ2n) is 7.24. The molecule has 0 unspecified atom stereocenters. The van der Waals surface area contributed by atoms with Crippen molar-refractivity contribution < 1.29 is 9.53 Å². The van der Waals surface area contributed by atoms with Gasteiger partial charge in [0.25, 0.3) is 11.5 Å². The molecule has 0 N–H and O–H groups in total. The molecule has 1 saturated heterocycles. The van der Waals surface area contributed by atoms with E-state index in [9.17, 15) is 9.59 Å². The Morgan fingerprint density at radius 3 is 2.48 bits per heavy atom. The summed E-state index contributed by atoms with van der Waals surface area (Å²) in [6, 6.07) is 19.6. The molecule has 0 saturated carbocycles. The minimum atomic E-state index is -0.180. The smallest absolute Gasteiger partial charge is 0.271 e. The van der Waals surface area contributed by atoms with Crippen molar-refractivity contribution in [3.63, 3.8) is 0 Å². The van der Waals surface area contributed by atoms with E-state index in [1.165, 1.54) is 10.7 Å². The first-order chi connectivity index (χ1) is 15.1. The zero-order valence-electron chi connectivity index (χ0n) is 17.0. The molecule has 1 aliphatic rings. The molecule has 2 aromatic carbocycles. The first kappa shape index (κ1) is 20.9. The predicted molar refractivity (Wildman–Crippen MR) is 120 cm³/mol. The van der Waals surface area contributed by atoms with Crippen LogP contribution in [0.3, 0.4) is 0 Å². The van der Waals surface area contributed by atoms with Crippen LogP contribution in [0.1, 0.15) is 6.42 Å². The summed E-state index contributed by atoms with van der Waals surface area (Å²) in [5, 5.41) is 5.18. The summed E-state index contributed by atoms with van der Waals surface area (Å²) in [4.78, 5) is 28.8. The molecule has 0 radical (unpaired) electrons. The molecule has 1 aromatic heterocycles. The molecule has 0 atom stereocenters. The van der Waals surface area contributed by atoms with E-state index in [2.05, 4.69) is 10.00 Å². The molecular formula is C23H23ClN4O3. The fourth-order valence-electron chi connectivity index (χ4n) is 3.49. The molecular weight excluding hydrogens is 416 g/mol. The number of para-hydroxylation sites is 1. The number of carbonyl (C=O) groups is 1. The Kier molecular flexibility index (Phi) is 6.52. The highest BCUT2D eigenvalue weighted by atomic mass is 35.5. The van der Waals surface area contributed by atoms with Gasteiger partial charge in [0, 0.05) is 37.3 Å². The Balaban J connectivity index is 1.39. The highest BCUT2D eigenvalue weighted by molar-refractivity contribution is 6.30. The number of anilines is 1. The lowest BCUT2D eigenvalue weighted by atomic mass is 10.3. The Labute approximate surface area is 185 Å². The third-order valence-corrected chi connectivity index (χ3v) is 5.39. The largest absolute Gasteiger partial charge is 0.484 e. The monoisotopic (exact) mass is 438 g/mol. The molecule has 0 bridgehead atoms. The van der Waals surface area contributed by atoms with E-state index in [1.807, 2.05) is 35.2 Å². The maximum absolute atomic E-state index is 12.6. The molecule has 31 heavy (non-hydrogen) atoms. The summed E-state index contributed by atoms with van der Waals surface area (Å²) >= 11 is 5.87. The van der Waals surface area contributed by atoms with Crippen molar-refractivity contribution in [3.8, 4) is 11.4 Å². The van der Waals surface area contributed by atoms with Gasteiger partial charge in [-0.25, -0.2) is 0 Å². The zero-order chi connectivity index (χ0) is 21.6. The molecule has 7 nitrogen and oxygen atoms in total. The number of carbonyl (C=O) groups excluding carboxylic acids is 1. The third-order valence-electron chi connectivity index (χ3n) is 5.14. The van der Waals surface area contributed by atoms with Gasteiger partial charge in [-0.2, -0.15) is 4.68 Å². The lowest BCUT2D eigenvalue weighted by Gasteiger charge is -2.23. The Bertz CT molecular complexity index is 1090. The molecule has 160 valence electrons. The van der Waals surface area contributed by atoms with Crippen molar-refractivity contribution >= 4 is 23.3 Å². The second kappa shape index (κ2) is 9.66. The lowest BCUT2D eigenvalue weighted by Crippen LogP contribution is -2.38. The van der Waals surface area contributed by atoms with Crippen LogP contribution in [0.15, 0.2) is 71.5 Å². The highest BCUT2D eigenvalue weighted by Crippen LogP contribution is 2.17. The number of aromatic nitrogens is 2. The maximum Gasteiger partial charge on any atom is 0.271 e. The average Bonchev–Trinajstić information content (AvgIpc) is 3.06. The van der Waals surface area contributed by atoms with E-state index >= 15 is 0 Å². The normalized spacial score (nSPS) is 14.2. The lowest BCUT2D eigenvalue weighted by molar-refractivity contribution is -0.133. The standard InChI is InChI=1S/C23H23ClN4O3/c24-18-7-9-20(10-8-18)31-17-23(30)27-14-4-13-26(15-16-27)21-11-12-22(29)28(25-21)19-5-2-1-3-6-19/h1-3,5-12H,4,13-17H2. The quantitative estimate of drug-likeness (QED) is 0.612. The van der Waals surface area contributed by atoms with Crippen molar-refractivity contribution in [3.05, 3.63) is 82.1 Å². The summed E-state index contributed by atoms with van der Waals surface area (Å²) in [6.07, 6.45) is 0.804. The van der Waals surface area contributed by atoms with E-state index in [0.29, 0.717) is 30.4 Å². The van der Waals surface area contributed by atoms with Crippen molar-refractivity contribution in [1.29, 1.82) is 0 Å². The van der Waals surface area contributed by atoms with Crippen LogP contribution in [0.5, 0.6) is 5.75 Å². The van der Waals surface area contributed by atoms with Crippen LogP contribution in [-0.4, -0.2) is 53.4 Å². The van der Waals surface area contributed by atoms with Crippen LogP contribution in [0.4, 0.5) is 5.82 Å². The number of halogens is 1. The molecule has 1 fully saturated rings. The average molecular weight is 439 g/mol. The van der Waals surface area contributed by atoms with Gasteiger partial charge in [0.2, 0.25) is 0 Å². The van der Waals surface area contributed by atoms with Crippen molar-refractivity contribution in [2.24, 2.45) is 0 Å². The summed E-state index contributed by atoms with van der Waals surface area (Å²) < 4.78 is 7.00. The van der Waals surface area contributed by atoms with Crippen LogP contribution < -0.4 is 15.2 Å². The molecule has 0 spiro atoms. The van der Waals surface area contributed by atoms with Crippen LogP contribution >= 0.6 is 11.6 Å². The molecule has 1 amide bonds. The molecule has 1 aliphatic heterocycles. The van der Waals surface area contributed by atoms with Gasteiger partial charge >= 0.3 is 0 Å². The van der Waals surface area contributed by atoms with Crippen molar-refractivity contribution in [2.75, 3.05) is 37.7 Å². The molecule has 3 aromatic rings. The van der Waals surface area contributed by atoms with Crippen LogP contribution in [0, 0.1) is 0 Å². The second-order valence-corrected chi connectivity index (χ2v) is 7.68. The number of ether oxygens (including phenoxy) is 1. The van der Waals surface area contributed by atoms with E-state index in [1.54, 1.807) is 30.3 Å². The Hall–Kier alpha value is -3.32.